The van der Waals surface area contributed by atoms with E-state index in [-0.39, 0.29) is 0 Å². The Bertz CT molecular complexity index is 624. The molecule has 0 bridgehead atoms. The molecule has 5 heteroatoms. The van der Waals surface area contributed by atoms with E-state index >= 15 is 0 Å². The second-order valence-electron chi connectivity index (χ2n) is 4.98. The molecule has 2 rings (SSSR count). The van der Waals surface area contributed by atoms with Gasteiger partial charge in [-0.3, -0.25) is 0 Å². The number of nitrogens with zero attached hydrogens (tertiary/aromatic N) is 3. The van der Waals surface area contributed by atoms with E-state index in [1.807, 2.05) is 19.1 Å². The standard InChI is InChI=1S/C16H21BrN4/c1-5-21(6-2)16-18-12(4)10-15(20-16)19-14-8-7-11(3)9-13(14)17/h7-10H,5-6H2,1-4H3,(H,18,19,20). The maximum absolute atomic E-state index is 4.62. The van der Waals surface area contributed by atoms with Crippen molar-refractivity contribution in [2.24, 2.45) is 0 Å². The van der Waals surface area contributed by atoms with E-state index in [1.165, 1.54) is 5.56 Å². The van der Waals surface area contributed by atoms with Gasteiger partial charge < -0.3 is 10.2 Å². The quantitative estimate of drug-likeness (QED) is 0.866. The van der Waals surface area contributed by atoms with Crippen LogP contribution in [0.5, 0.6) is 0 Å². The smallest absolute Gasteiger partial charge is 0.227 e. The Kier molecular flexibility index (Phi) is 5.17. The summed E-state index contributed by atoms with van der Waals surface area (Å²) >= 11 is 3.58. The normalized spacial score (nSPS) is 10.5. The van der Waals surface area contributed by atoms with Crippen LogP contribution in [0.2, 0.25) is 0 Å². The summed E-state index contributed by atoms with van der Waals surface area (Å²) < 4.78 is 1.03. The number of nitrogens with one attached hydrogen (secondary N) is 1. The molecule has 0 fully saturated rings. The lowest BCUT2D eigenvalue weighted by atomic mass is 10.2. The van der Waals surface area contributed by atoms with Crippen LogP contribution in [0.4, 0.5) is 17.5 Å². The lowest BCUT2D eigenvalue weighted by Gasteiger charge is -2.20. The lowest BCUT2D eigenvalue weighted by Crippen LogP contribution is -2.24. The van der Waals surface area contributed by atoms with Crippen LogP contribution >= 0.6 is 15.9 Å². The number of anilines is 3. The molecule has 0 aliphatic heterocycles. The summed E-state index contributed by atoms with van der Waals surface area (Å²) in [5.41, 5.74) is 3.18. The lowest BCUT2D eigenvalue weighted by molar-refractivity contribution is 0.817. The maximum Gasteiger partial charge on any atom is 0.227 e. The van der Waals surface area contributed by atoms with E-state index in [1.54, 1.807) is 0 Å². The molecule has 0 radical (unpaired) electrons. The molecular formula is C16H21BrN4. The van der Waals surface area contributed by atoms with E-state index in [2.05, 4.69) is 69.0 Å². The zero-order chi connectivity index (χ0) is 15.4. The minimum Gasteiger partial charge on any atom is -0.341 e. The Morgan fingerprint density at radius 1 is 1.10 bits per heavy atom. The Hall–Kier alpha value is -1.62. The largest absolute Gasteiger partial charge is 0.341 e. The van der Waals surface area contributed by atoms with Crippen LogP contribution in [0.25, 0.3) is 0 Å². The number of hydrogen-bond donors (Lipinski definition) is 1. The summed E-state index contributed by atoms with van der Waals surface area (Å²) in [6.07, 6.45) is 0. The third-order valence-electron chi connectivity index (χ3n) is 3.28. The van der Waals surface area contributed by atoms with Crippen LogP contribution in [-0.4, -0.2) is 23.1 Å². The third-order valence-corrected chi connectivity index (χ3v) is 3.93. The molecule has 1 heterocycles. The van der Waals surface area contributed by atoms with Crippen molar-refractivity contribution in [1.82, 2.24) is 9.97 Å². The fraction of sp³-hybridized carbons (Fsp3) is 0.375. The van der Waals surface area contributed by atoms with Gasteiger partial charge in [0, 0.05) is 29.3 Å². The zero-order valence-electron chi connectivity index (χ0n) is 12.9. The van der Waals surface area contributed by atoms with Gasteiger partial charge in [0.05, 0.1) is 5.69 Å². The van der Waals surface area contributed by atoms with Crippen molar-refractivity contribution >= 4 is 33.4 Å². The summed E-state index contributed by atoms with van der Waals surface area (Å²) in [6.45, 7) is 10.1. The van der Waals surface area contributed by atoms with Crippen LogP contribution in [0.1, 0.15) is 25.1 Å². The van der Waals surface area contributed by atoms with Gasteiger partial charge in [-0.1, -0.05) is 6.07 Å². The summed E-state index contributed by atoms with van der Waals surface area (Å²) in [6, 6.07) is 8.17. The third kappa shape index (κ3) is 3.94. The Morgan fingerprint density at radius 3 is 2.43 bits per heavy atom. The highest BCUT2D eigenvalue weighted by Gasteiger charge is 2.09. The van der Waals surface area contributed by atoms with E-state index in [4.69, 9.17) is 0 Å². The molecule has 4 nitrogen and oxygen atoms in total. The first kappa shape index (κ1) is 15.8. The first-order valence-electron chi connectivity index (χ1n) is 7.17. The minimum atomic E-state index is 0.769. The van der Waals surface area contributed by atoms with Crippen LogP contribution in [0, 0.1) is 13.8 Å². The van der Waals surface area contributed by atoms with Gasteiger partial charge in [-0.2, -0.15) is 4.98 Å². The molecule has 0 aliphatic rings. The first-order chi connectivity index (χ1) is 10.0. The molecule has 21 heavy (non-hydrogen) atoms. The topological polar surface area (TPSA) is 41.1 Å². The fourth-order valence-corrected chi connectivity index (χ4v) is 2.72. The van der Waals surface area contributed by atoms with Crippen molar-refractivity contribution in [2.75, 3.05) is 23.3 Å². The van der Waals surface area contributed by atoms with Crippen LogP contribution in [0.15, 0.2) is 28.7 Å². The van der Waals surface area contributed by atoms with Gasteiger partial charge in [0.15, 0.2) is 0 Å². The van der Waals surface area contributed by atoms with Crippen LogP contribution < -0.4 is 10.2 Å². The summed E-state index contributed by atoms with van der Waals surface area (Å²) in [7, 11) is 0. The predicted octanol–water partition coefficient (Wildman–Crippen LogP) is 4.45. The molecule has 0 aliphatic carbocycles. The predicted molar refractivity (Wildman–Crippen MR) is 92.5 cm³/mol. The molecule has 0 unspecified atom stereocenters. The van der Waals surface area contributed by atoms with Crippen molar-refractivity contribution in [1.29, 1.82) is 0 Å². The van der Waals surface area contributed by atoms with Crippen molar-refractivity contribution in [3.05, 3.63) is 40.0 Å². The highest BCUT2D eigenvalue weighted by molar-refractivity contribution is 9.10. The first-order valence-corrected chi connectivity index (χ1v) is 7.96. The van der Waals surface area contributed by atoms with Crippen molar-refractivity contribution in [3.63, 3.8) is 0 Å². The van der Waals surface area contributed by atoms with E-state index in [0.717, 1.165) is 40.7 Å². The fourth-order valence-electron chi connectivity index (χ4n) is 2.12. The Balaban J connectivity index is 2.31. The zero-order valence-corrected chi connectivity index (χ0v) is 14.5. The molecule has 0 saturated carbocycles. The average Bonchev–Trinajstić information content (AvgIpc) is 2.43. The van der Waals surface area contributed by atoms with Gasteiger partial charge in [-0.15, -0.1) is 0 Å². The van der Waals surface area contributed by atoms with Crippen molar-refractivity contribution in [2.45, 2.75) is 27.7 Å². The van der Waals surface area contributed by atoms with E-state index < -0.39 is 0 Å². The van der Waals surface area contributed by atoms with E-state index in [0.29, 0.717) is 0 Å². The second-order valence-corrected chi connectivity index (χ2v) is 5.83. The summed E-state index contributed by atoms with van der Waals surface area (Å²) in [4.78, 5) is 11.3. The molecule has 112 valence electrons. The molecule has 0 saturated heterocycles. The van der Waals surface area contributed by atoms with Crippen molar-refractivity contribution in [3.8, 4) is 0 Å². The number of aromatic nitrogens is 2. The molecule has 1 aromatic heterocycles. The van der Waals surface area contributed by atoms with Gasteiger partial charge in [0.25, 0.3) is 0 Å². The number of halogens is 1. The van der Waals surface area contributed by atoms with Gasteiger partial charge in [-0.05, 0) is 61.3 Å². The van der Waals surface area contributed by atoms with Gasteiger partial charge in [-0.25, -0.2) is 4.98 Å². The Labute approximate surface area is 134 Å². The number of rotatable bonds is 5. The second kappa shape index (κ2) is 6.89. The number of aryl methyl sites for hydroxylation is 2. The summed E-state index contributed by atoms with van der Waals surface area (Å²) in [5.74, 6) is 1.58. The molecule has 1 aromatic carbocycles. The SMILES string of the molecule is CCN(CC)c1nc(C)cc(Nc2ccc(C)cc2Br)n1. The highest BCUT2D eigenvalue weighted by atomic mass is 79.9. The monoisotopic (exact) mass is 348 g/mol. The summed E-state index contributed by atoms with van der Waals surface area (Å²) in [5, 5.41) is 3.36. The molecule has 1 N–H and O–H groups in total. The molecule has 2 aromatic rings. The number of hydrogen-bond acceptors (Lipinski definition) is 4. The van der Waals surface area contributed by atoms with Crippen LogP contribution in [-0.2, 0) is 0 Å². The van der Waals surface area contributed by atoms with Crippen molar-refractivity contribution < 1.29 is 0 Å². The molecular weight excluding hydrogens is 328 g/mol. The van der Waals surface area contributed by atoms with Gasteiger partial charge in [0.2, 0.25) is 5.95 Å². The van der Waals surface area contributed by atoms with Gasteiger partial charge >= 0.3 is 0 Å². The molecule has 0 atom stereocenters. The van der Waals surface area contributed by atoms with E-state index in [9.17, 15) is 0 Å². The molecule has 0 amide bonds. The Morgan fingerprint density at radius 2 is 1.81 bits per heavy atom. The average molecular weight is 349 g/mol. The number of benzene rings is 1. The van der Waals surface area contributed by atoms with Gasteiger partial charge in [0.1, 0.15) is 5.82 Å². The molecule has 0 spiro atoms. The highest BCUT2D eigenvalue weighted by Crippen LogP contribution is 2.27. The minimum absolute atomic E-state index is 0.769. The maximum atomic E-state index is 4.62. The van der Waals surface area contributed by atoms with Crippen LogP contribution in [0.3, 0.4) is 0 Å².